The lowest BCUT2D eigenvalue weighted by Gasteiger charge is -2.12. The van der Waals surface area contributed by atoms with Crippen LogP contribution < -0.4 is 4.74 Å². The molecule has 16 heavy (non-hydrogen) atoms. The zero-order chi connectivity index (χ0) is 12.1. The Bertz CT molecular complexity index is 375. The normalized spacial score (nSPS) is 10.6. The van der Waals surface area contributed by atoms with Crippen LogP contribution in [-0.4, -0.2) is 17.2 Å². The molecule has 2 nitrogen and oxygen atoms in total. The van der Waals surface area contributed by atoms with Crippen molar-refractivity contribution in [3.05, 3.63) is 28.2 Å². The quantitative estimate of drug-likeness (QED) is 0.757. The first-order valence-corrected chi connectivity index (χ1v) is 6.97. The molecule has 0 unspecified atom stereocenters. The SMILES string of the molecule is CC(C)Oc1ccc(CC(=O)CBr)cc1Br. The van der Waals surface area contributed by atoms with Gasteiger partial charge in [0, 0.05) is 6.42 Å². The third-order valence-electron chi connectivity index (χ3n) is 1.91. The van der Waals surface area contributed by atoms with Crippen molar-refractivity contribution in [1.82, 2.24) is 0 Å². The van der Waals surface area contributed by atoms with Crippen LogP contribution in [0.4, 0.5) is 0 Å². The minimum atomic E-state index is 0.145. The third kappa shape index (κ3) is 4.26. The number of halogens is 2. The van der Waals surface area contributed by atoms with Crippen LogP contribution in [0.15, 0.2) is 22.7 Å². The smallest absolute Gasteiger partial charge is 0.147 e. The van der Waals surface area contributed by atoms with Crippen molar-refractivity contribution in [1.29, 1.82) is 0 Å². The molecule has 0 aliphatic rings. The van der Waals surface area contributed by atoms with Crippen molar-refractivity contribution in [2.45, 2.75) is 26.4 Å². The zero-order valence-electron chi connectivity index (χ0n) is 9.30. The molecule has 1 aromatic rings. The highest BCUT2D eigenvalue weighted by Gasteiger charge is 2.07. The van der Waals surface area contributed by atoms with E-state index < -0.39 is 0 Å². The van der Waals surface area contributed by atoms with E-state index in [9.17, 15) is 4.79 Å². The second-order valence-corrected chi connectivity index (χ2v) is 5.20. The van der Waals surface area contributed by atoms with E-state index >= 15 is 0 Å². The summed E-state index contributed by atoms with van der Waals surface area (Å²) in [6.45, 7) is 3.96. The minimum Gasteiger partial charge on any atom is -0.490 e. The Morgan fingerprint density at radius 2 is 2.12 bits per heavy atom. The zero-order valence-corrected chi connectivity index (χ0v) is 12.5. The minimum absolute atomic E-state index is 0.145. The first-order valence-electron chi connectivity index (χ1n) is 5.05. The summed E-state index contributed by atoms with van der Waals surface area (Å²) in [4.78, 5) is 11.3. The van der Waals surface area contributed by atoms with Crippen molar-refractivity contribution in [3.8, 4) is 5.75 Å². The fourth-order valence-electron chi connectivity index (χ4n) is 1.28. The predicted molar refractivity (Wildman–Crippen MR) is 72.4 cm³/mol. The van der Waals surface area contributed by atoms with Crippen LogP contribution in [0.3, 0.4) is 0 Å². The molecular formula is C12H14Br2O2. The highest BCUT2D eigenvalue weighted by molar-refractivity contribution is 9.10. The van der Waals surface area contributed by atoms with Crippen LogP contribution in [0, 0.1) is 0 Å². The fraction of sp³-hybridized carbons (Fsp3) is 0.417. The molecule has 0 N–H and O–H groups in total. The maximum absolute atomic E-state index is 11.3. The lowest BCUT2D eigenvalue weighted by molar-refractivity contribution is -0.115. The second-order valence-electron chi connectivity index (χ2n) is 3.78. The largest absolute Gasteiger partial charge is 0.490 e. The maximum Gasteiger partial charge on any atom is 0.147 e. The highest BCUT2D eigenvalue weighted by atomic mass is 79.9. The number of alkyl halides is 1. The van der Waals surface area contributed by atoms with Gasteiger partial charge in [-0.15, -0.1) is 0 Å². The summed E-state index contributed by atoms with van der Waals surface area (Å²) in [7, 11) is 0. The van der Waals surface area contributed by atoms with Gasteiger partial charge in [-0.3, -0.25) is 4.79 Å². The lowest BCUT2D eigenvalue weighted by Crippen LogP contribution is -2.07. The average Bonchev–Trinajstić information content (AvgIpc) is 2.21. The van der Waals surface area contributed by atoms with Crippen LogP contribution in [0.1, 0.15) is 19.4 Å². The van der Waals surface area contributed by atoms with Gasteiger partial charge in [0.25, 0.3) is 0 Å². The van der Waals surface area contributed by atoms with E-state index in [1.54, 1.807) is 0 Å². The third-order valence-corrected chi connectivity index (χ3v) is 3.15. The summed E-state index contributed by atoms with van der Waals surface area (Å²) in [6.07, 6.45) is 0.595. The Balaban J connectivity index is 2.78. The number of rotatable bonds is 5. The Morgan fingerprint density at radius 1 is 1.44 bits per heavy atom. The molecule has 0 aromatic heterocycles. The van der Waals surface area contributed by atoms with Crippen LogP contribution in [0.5, 0.6) is 5.75 Å². The number of carbonyl (C=O) groups is 1. The molecule has 4 heteroatoms. The summed E-state index contributed by atoms with van der Waals surface area (Å²) in [5.41, 5.74) is 0.993. The van der Waals surface area contributed by atoms with Gasteiger partial charge in [-0.1, -0.05) is 22.0 Å². The van der Waals surface area contributed by atoms with Crippen molar-refractivity contribution in [2.24, 2.45) is 0 Å². The van der Waals surface area contributed by atoms with Gasteiger partial charge in [0.15, 0.2) is 0 Å². The first kappa shape index (κ1) is 13.7. The topological polar surface area (TPSA) is 26.3 Å². The molecule has 1 rings (SSSR count). The Kier molecular flexibility index (Phi) is 5.49. The number of ketones is 1. The molecule has 0 spiro atoms. The molecule has 1 aromatic carbocycles. The molecule has 0 saturated carbocycles. The molecule has 88 valence electrons. The van der Waals surface area contributed by atoms with Gasteiger partial charge in [-0.25, -0.2) is 0 Å². The summed E-state index contributed by atoms with van der Waals surface area (Å²) in [6, 6.07) is 5.74. The van der Waals surface area contributed by atoms with Crippen molar-refractivity contribution in [3.63, 3.8) is 0 Å². The van der Waals surface area contributed by atoms with Crippen LogP contribution >= 0.6 is 31.9 Å². The van der Waals surface area contributed by atoms with Crippen LogP contribution in [0.25, 0.3) is 0 Å². The molecule has 0 saturated heterocycles. The summed E-state index contributed by atoms with van der Waals surface area (Å²) in [5, 5.41) is 0.398. The van der Waals surface area contributed by atoms with E-state index in [1.807, 2.05) is 32.0 Å². The molecule has 0 atom stereocenters. The Morgan fingerprint density at radius 3 is 2.62 bits per heavy atom. The van der Waals surface area contributed by atoms with Gasteiger partial charge in [0.2, 0.25) is 0 Å². The molecule has 0 fully saturated rings. The number of Topliss-reactive ketones (excluding diaryl/α,β-unsaturated/α-hetero) is 1. The highest BCUT2D eigenvalue weighted by Crippen LogP contribution is 2.27. The van der Waals surface area contributed by atoms with Crippen LogP contribution in [-0.2, 0) is 11.2 Å². The number of hydrogen-bond donors (Lipinski definition) is 0. The van der Waals surface area contributed by atoms with E-state index in [2.05, 4.69) is 31.9 Å². The standard InChI is InChI=1S/C12H14Br2O2/c1-8(2)16-12-4-3-9(6-11(12)14)5-10(15)7-13/h3-4,6,8H,5,7H2,1-2H3. The predicted octanol–water partition coefficient (Wildman–Crippen LogP) is 3.74. The van der Waals surface area contributed by atoms with Crippen LogP contribution in [0.2, 0.25) is 0 Å². The second kappa shape index (κ2) is 6.40. The first-order chi connectivity index (χ1) is 7.52. The molecule has 0 radical (unpaired) electrons. The Hall–Kier alpha value is -0.350. The van der Waals surface area contributed by atoms with Crippen molar-refractivity contribution in [2.75, 3.05) is 5.33 Å². The van der Waals surface area contributed by atoms with Gasteiger partial charge in [0.05, 0.1) is 15.9 Å². The molecule has 0 amide bonds. The summed E-state index contributed by atoms with van der Waals surface area (Å²) < 4.78 is 6.48. The van der Waals surface area contributed by atoms with Crippen molar-refractivity contribution >= 4 is 37.6 Å². The molecular weight excluding hydrogens is 336 g/mol. The number of benzene rings is 1. The molecule has 0 bridgehead atoms. The lowest BCUT2D eigenvalue weighted by atomic mass is 10.1. The number of carbonyl (C=O) groups excluding carboxylic acids is 1. The average molecular weight is 350 g/mol. The summed E-state index contributed by atoms with van der Waals surface area (Å²) in [5.74, 6) is 0.981. The van der Waals surface area contributed by atoms with E-state index in [0.29, 0.717) is 11.8 Å². The summed E-state index contributed by atoms with van der Waals surface area (Å²) >= 11 is 6.59. The van der Waals surface area contributed by atoms with Gasteiger partial charge in [-0.05, 0) is 47.5 Å². The van der Waals surface area contributed by atoms with E-state index in [4.69, 9.17) is 4.74 Å². The number of hydrogen-bond acceptors (Lipinski definition) is 2. The maximum atomic E-state index is 11.3. The van der Waals surface area contributed by atoms with Gasteiger partial charge < -0.3 is 4.74 Å². The van der Waals surface area contributed by atoms with E-state index in [-0.39, 0.29) is 11.9 Å². The van der Waals surface area contributed by atoms with E-state index in [0.717, 1.165) is 15.8 Å². The molecule has 0 aliphatic carbocycles. The van der Waals surface area contributed by atoms with Gasteiger partial charge in [0.1, 0.15) is 11.5 Å². The Labute approximate surface area is 113 Å². The molecule has 0 aliphatic heterocycles. The van der Waals surface area contributed by atoms with Crippen molar-refractivity contribution < 1.29 is 9.53 Å². The fourth-order valence-corrected chi connectivity index (χ4v) is 2.00. The van der Waals surface area contributed by atoms with Gasteiger partial charge in [-0.2, -0.15) is 0 Å². The number of ether oxygens (including phenoxy) is 1. The molecule has 0 heterocycles. The van der Waals surface area contributed by atoms with Gasteiger partial charge >= 0.3 is 0 Å². The van der Waals surface area contributed by atoms with E-state index in [1.165, 1.54) is 0 Å². The monoisotopic (exact) mass is 348 g/mol.